The molecule has 0 radical (unpaired) electrons. The third kappa shape index (κ3) is 3.01. The van der Waals surface area contributed by atoms with E-state index in [9.17, 15) is 9.18 Å². The van der Waals surface area contributed by atoms with Crippen LogP contribution >= 0.6 is 0 Å². The Morgan fingerprint density at radius 3 is 3.00 bits per heavy atom. The third-order valence-electron chi connectivity index (χ3n) is 3.17. The van der Waals surface area contributed by atoms with Gasteiger partial charge >= 0.3 is 0 Å². The Morgan fingerprint density at radius 1 is 1.27 bits per heavy atom. The fourth-order valence-electron chi connectivity index (χ4n) is 2.04. The van der Waals surface area contributed by atoms with Gasteiger partial charge in [-0.3, -0.25) is 9.89 Å². The van der Waals surface area contributed by atoms with Gasteiger partial charge in [-0.1, -0.05) is 18.2 Å². The van der Waals surface area contributed by atoms with Crippen LogP contribution in [0.3, 0.4) is 0 Å². The molecule has 2 aromatic heterocycles. The van der Waals surface area contributed by atoms with Gasteiger partial charge in [0.15, 0.2) is 5.65 Å². The van der Waals surface area contributed by atoms with Gasteiger partial charge in [0.25, 0.3) is 0 Å². The molecule has 1 amide bonds. The molecule has 0 aliphatic rings. The van der Waals surface area contributed by atoms with E-state index in [4.69, 9.17) is 0 Å². The lowest BCUT2D eigenvalue weighted by Crippen LogP contribution is -2.20. The van der Waals surface area contributed by atoms with Crippen molar-refractivity contribution < 1.29 is 9.18 Å². The highest BCUT2D eigenvalue weighted by Crippen LogP contribution is 2.13. The van der Waals surface area contributed by atoms with Crippen molar-refractivity contribution in [2.45, 2.75) is 6.54 Å². The number of H-pyrrole nitrogens is 1. The topological polar surface area (TPSA) is 70.7 Å². The first-order valence-corrected chi connectivity index (χ1v) is 6.72. The molecule has 0 saturated carbocycles. The van der Waals surface area contributed by atoms with Crippen molar-refractivity contribution in [3.05, 3.63) is 65.7 Å². The Kier molecular flexibility index (Phi) is 3.91. The summed E-state index contributed by atoms with van der Waals surface area (Å²) in [6, 6.07) is 9.99. The third-order valence-corrected chi connectivity index (χ3v) is 3.17. The zero-order valence-corrected chi connectivity index (χ0v) is 11.6. The minimum Gasteiger partial charge on any atom is -0.348 e. The van der Waals surface area contributed by atoms with Crippen molar-refractivity contribution in [1.29, 1.82) is 0 Å². The van der Waals surface area contributed by atoms with Gasteiger partial charge in [0.05, 0.1) is 5.69 Å². The van der Waals surface area contributed by atoms with Crippen molar-refractivity contribution in [3.63, 3.8) is 0 Å². The smallest absolute Gasteiger partial charge is 0.244 e. The van der Waals surface area contributed by atoms with Crippen molar-refractivity contribution in [2.75, 3.05) is 0 Å². The van der Waals surface area contributed by atoms with E-state index in [1.54, 1.807) is 36.5 Å². The molecule has 3 rings (SSSR count). The van der Waals surface area contributed by atoms with E-state index in [0.29, 0.717) is 16.9 Å². The van der Waals surface area contributed by atoms with E-state index in [2.05, 4.69) is 20.5 Å². The fraction of sp³-hybridized carbons (Fsp3) is 0.0625. The summed E-state index contributed by atoms with van der Waals surface area (Å²) in [6.07, 6.45) is 4.65. The molecule has 0 aliphatic carbocycles. The quantitative estimate of drug-likeness (QED) is 0.726. The molecule has 110 valence electrons. The molecule has 3 aromatic rings. The molecule has 22 heavy (non-hydrogen) atoms. The monoisotopic (exact) mass is 296 g/mol. The lowest BCUT2D eigenvalue weighted by Gasteiger charge is -2.03. The van der Waals surface area contributed by atoms with E-state index in [-0.39, 0.29) is 18.3 Å². The van der Waals surface area contributed by atoms with Crippen molar-refractivity contribution in [1.82, 2.24) is 20.5 Å². The second-order valence-electron chi connectivity index (χ2n) is 4.65. The van der Waals surface area contributed by atoms with Gasteiger partial charge in [-0.2, -0.15) is 5.10 Å². The van der Waals surface area contributed by atoms with Crippen LogP contribution in [0.1, 0.15) is 11.3 Å². The number of nitrogens with one attached hydrogen (secondary N) is 2. The second kappa shape index (κ2) is 6.17. The number of fused-ring (bicyclic) bond motifs is 1. The van der Waals surface area contributed by atoms with Crippen LogP contribution in [0.4, 0.5) is 4.39 Å². The standard InChI is InChI=1S/C16H13FN4O/c17-13-6-2-1-4-11(13)10-19-15(22)8-7-14-12-5-3-9-18-16(12)21-20-14/h1-9H,10H2,(H,19,22)(H,18,20,21)/b8-7+. The average Bonchev–Trinajstić information content (AvgIpc) is 2.95. The highest BCUT2D eigenvalue weighted by molar-refractivity contribution is 5.94. The Bertz CT molecular complexity index is 841. The largest absolute Gasteiger partial charge is 0.348 e. The first-order chi connectivity index (χ1) is 10.7. The van der Waals surface area contributed by atoms with Crippen molar-refractivity contribution in [2.24, 2.45) is 0 Å². The maximum absolute atomic E-state index is 13.4. The summed E-state index contributed by atoms with van der Waals surface area (Å²) < 4.78 is 13.4. The van der Waals surface area contributed by atoms with Gasteiger partial charge in [-0.05, 0) is 24.3 Å². The fourth-order valence-corrected chi connectivity index (χ4v) is 2.04. The first-order valence-electron chi connectivity index (χ1n) is 6.72. The van der Waals surface area contributed by atoms with Crippen LogP contribution in [0.5, 0.6) is 0 Å². The Labute approximate surface area is 125 Å². The molecule has 1 aromatic carbocycles. The molecule has 0 fully saturated rings. The number of amides is 1. The molecule has 6 heteroatoms. The van der Waals surface area contributed by atoms with Crippen LogP contribution in [0.25, 0.3) is 17.1 Å². The van der Waals surface area contributed by atoms with E-state index in [1.807, 2.05) is 6.07 Å². The van der Waals surface area contributed by atoms with E-state index < -0.39 is 0 Å². The molecule has 2 N–H and O–H groups in total. The zero-order chi connectivity index (χ0) is 15.4. The van der Waals surface area contributed by atoms with E-state index in [1.165, 1.54) is 12.1 Å². The summed E-state index contributed by atoms with van der Waals surface area (Å²) in [5.74, 6) is -0.646. The maximum Gasteiger partial charge on any atom is 0.244 e. The maximum atomic E-state index is 13.4. The van der Waals surface area contributed by atoms with Gasteiger partial charge < -0.3 is 5.32 Å². The number of benzene rings is 1. The summed E-state index contributed by atoms with van der Waals surface area (Å²) >= 11 is 0. The number of hydrogen-bond donors (Lipinski definition) is 2. The molecular formula is C16H13FN4O. The minimum absolute atomic E-state index is 0.140. The summed E-state index contributed by atoms with van der Waals surface area (Å²) in [4.78, 5) is 15.9. The van der Waals surface area contributed by atoms with Crippen LogP contribution in [0.2, 0.25) is 0 Å². The highest BCUT2D eigenvalue weighted by Gasteiger charge is 2.04. The molecule has 2 heterocycles. The van der Waals surface area contributed by atoms with Crippen molar-refractivity contribution >= 4 is 23.0 Å². The summed E-state index contributed by atoms with van der Waals surface area (Å²) in [5.41, 5.74) is 1.73. The van der Waals surface area contributed by atoms with Crippen molar-refractivity contribution in [3.8, 4) is 0 Å². The summed E-state index contributed by atoms with van der Waals surface area (Å²) in [7, 11) is 0. The summed E-state index contributed by atoms with van der Waals surface area (Å²) in [5, 5.41) is 10.3. The van der Waals surface area contributed by atoms with Gasteiger partial charge in [-0.15, -0.1) is 0 Å². The van der Waals surface area contributed by atoms with E-state index >= 15 is 0 Å². The number of carbonyl (C=O) groups excluding carboxylic acids is 1. The Hall–Kier alpha value is -3.02. The van der Waals surface area contributed by atoms with Gasteiger partial charge in [-0.25, -0.2) is 9.37 Å². The van der Waals surface area contributed by atoms with E-state index in [0.717, 1.165) is 5.39 Å². The number of aromatic nitrogens is 3. The Balaban J connectivity index is 1.65. The number of aromatic amines is 1. The Morgan fingerprint density at radius 2 is 2.14 bits per heavy atom. The molecular weight excluding hydrogens is 283 g/mol. The number of hydrogen-bond acceptors (Lipinski definition) is 3. The second-order valence-corrected chi connectivity index (χ2v) is 4.65. The number of carbonyl (C=O) groups is 1. The lowest BCUT2D eigenvalue weighted by atomic mass is 10.2. The van der Waals surface area contributed by atoms with Crippen LogP contribution in [-0.2, 0) is 11.3 Å². The molecule has 0 aliphatic heterocycles. The lowest BCUT2D eigenvalue weighted by molar-refractivity contribution is -0.116. The highest BCUT2D eigenvalue weighted by atomic mass is 19.1. The van der Waals surface area contributed by atoms with Gasteiger partial charge in [0, 0.05) is 29.8 Å². The zero-order valence-electron chi connectivity index (χ0n) is 11.6. The number of halogens is 1. The van der Waals surface area contributed by atoms with Crippen LogP contribution in [0.15, 0.2) is 48.7 Å². The molecule has 0 atom stereocenters. The predicted octanol–water partition coefficient (Wildman–Crippen LogP) is 2.43. The molecule has 0 unspecified atom stereocenters. The molecule has 0 saturated heterocycles. The number of pyridine rings is 1. The predicted molar refractivity (Wildman–Crippen MR) is 81.2 cm³/mol. The molecule has 0 spiro atoms. The first kappa shape index (κ1) is 13.9. The van der Waals surface area contributed by atoms with Crippen LogP contribution < -0.4 is 5.32 Å². The van der Waals surface area contributed by atoms with Gasteiger partial charge in [0.1, 0.15) is 5.82 Å². The van der Waals surface area contributed by atoms with Gasteiger partial charge in [0.2, 0.25) is 5.91 Å². The minimum atomic E-state index is -0.336. The van der Waals surface area contributed by atoms with Crippen LogP contribution in [-0.4, -0.2) is 21.1 Å². The SMILES string of the molecule is O=C(/C=C/c1[nH]nc2ncccc12)NCc1ccccc1F. The molecule has 0 bridgehead atoms. The summed E-state index contributed by atoms with van der Waals surface area (Å²) in [6.45, 7) is 0.140. The molecule has 5 nitrogen and oxygen atoms in total. The number of rotatable bonds is 4. The average molecular weight is 296 g/mol. The van der Waals surface area contributed by atoms with Crippen LogP contribution in [0, 0.1) is 5.82 Å². The number of nitrogens with zero attached hydrogens (tertiary/aromatic N) is 2. The normalized spacial score (nSPS) is 11.1.